The van der Waals surface area contributed by atoms with E-state index < -0.39 is 5.56 Å². The molecule has 0 radical (unpaired) electrons. The lowest BCUT2D eigenvalue weighted by molar-refractivity contribution is 0.551. The molecule has 3 heterocycles. The van der Waals surface area contributed by atoms with Crippen molar-refractivity contribution in [3.05, 3.63) is 74.4 Å². The Labute approximate surface area is 166 Å². The summed E-state index contributed by atoms with van der Waals surface area (Å²) in [5.74, 6) is -0.261. The van der Waals surface area contributed by atoms with Crippen LogP contribution in [0.25, 0.3) is 0 Å². The smallest absolute Gasteiger partial charge is 0.285 e. The molecule has 0 amide bonds. The number of halogens is 2. The van der Waals surface area contributed by atoms with Gasteiger partial charge in [-0.3, -0.25) is 4.79 Å². The van der Waals surface area contributed by atoms with E-state index in [-0.39, 0.29) is 16.9 Å². The fourth-order valence-corrected chi connectivity index (χ4v) is 4.01. The van der Waals surface area contributed by atoms with Gasteiger partial charge in [0.05, 0.1) is 36.5 Å². The van der Waals surface area contributed by atoms with Crippen molar-refractivity contribution >= 4 is 17.3 Å². The Balaban J connectivity index is 1.66. The van der Waals surface area contributed by atoms with Gasteiger partial charge in [-0.2, -0.15) is 5.10 Å². The van der Waals surface area contributed by atoms with Gasteiger partial charge >= 0.3 is 0 Å². The van der Waals surface area contributed by atoms with Crippen LogP contribution in [0.15, 0.2) is 35.5 Å². The third-order valence-electron chi connectivity index (χ3n) is 5.21. The Kier molecular flexibility index (Phi) is 4.91. The average molecular weight is 403 g/mol. The Hall–Kier alpha value is -2.71. The molecule has 0 fully saturated rings. The number of rotatable bonds is 4. The number of hydrogen-bond donors (Lipinski definition) is 2. The van der Waals surface area contributed by atoms with Crippen LogP contribution in [0.2, 0.25) is 5.02 Å². The second-order valence-electron chi connectivity index (χ2n) is 6.87. The van der Waals surface area contributed by atoms with Crippen LogP contribution in [0.3, 0.4) is 0 Å². The summed E-state index contributed by atoms with van der Waals surface area (Å²) in [5, 5.41) is 6.30. The van der Waals surface area contributed by atoms with Crippen LogP contribution in [-0.4, -0.2) is 32.8 Å². The molecule has 0 aliphatic carbocycles. The number of hydrogen-bond acceptors (Lipinski definition) is 5. The van der Waals surface area contributed by atoms with Crippen molar-refractivity contribution in [2.45, 2.75) is 25.9 Å². The van der Waals surface area contributed by atoms with Crippen LogP contribution in [0, 0.1) is 12.7 Å². The standard InChI is InChI=1S/C19H20ClFN6O/c1-11-6-12(21)2-3-13(11)16(7-22)27-10-23-14-9-26(5-4-15(14)27)17-8-24-25-19(28)18(17)20/h2-3,6,8,10,16H,4-5,7,9,22H2,1H3,(H,25,28)/t16-/m1/s1. The lowest BCUT2D eigenvalue weighted by Crippen LogP contribution is -2.33. The maximum absolute atomic E-state index is 13.5. The number of aryl methyl sites for hydroxylation is 1. The van der Waals surface area contributed by atoms with E-state index in [0.717, 1.165) is 28.9 Å². The third-order valence-corrected chi connectivity index (χ3v) is 5.57. The van der Waals surface area contributed by atoms with E-state index in [2.05, 4.69) is 19.7 Å². The number of fused-ring (bicyclic) bond motifs is 1. The molecular weight excluding hydrogens is 383 g/mol. The SMILES string of the molecule is Cc1cc(F)ccc1[C@@H](CN)n1cnc2c1CCN(c1cn[nH]c(=O)c1Cl)C2. The number of H-pyrrole nitrogens is 1. The summed E-state index contributed by atoms with van der Waals surface area (Å²) in [6, 6.07) is 4.64. The summed E-state index contributed by atoms with van der Waals surface area (Å²) in [5.41, 5.74) is 10.1. The number of imidazole rings is 1. The lowest BCUT2D eigenvalue weighted by atomic mass is 10.00. The summed E-state index contributed by atoms with van der Waals surface area (Å²) in [4.78, 5) is 18.3. The first-order valence-corrected chi connectivity index (χ1v) is 9.36. The van der Waals surface area contributed by atoms with Gasteiger partial charge in [-0.15, -0.1) is 0 Å². The highest BCUT2D eigenvalue weighted by atomic mass is 35.5. The molecular formula is C19H20ClFN6O. The minimum absolute atomic E-state index is 0.117. The van der Waals surface area contributed by atoms with E-state index in [0.29, 0.717) is 25.3 Å². The molecule has 1 aromatic carbocycles. The summed E-state index contributed by atoms with van der Waals surface area (Å²) in [6.45, 7) is 3.45. The minimum Gasteiger partial charge on any atom is -0.362 e. The molecule has 0 saturated carbocycles. The van der Waals surface area contributed by atoms with E-state index in [1.54, 1.807) is 18.6 Å². The number of nitrogens with one attached hydrogen (secondary N) is 1. The molecule has 0 spiro atoms. The Bertz CT molecular complexity index is 1080. The van der Waals surface area contributed by atoms with Gasteiger partial charge < -0.3 is 15.2 Å². The van der Waals surface area contributed by atoms with Gasteiger partial charge in [-0.05, 0) is 30.2 Å². The highest BCUT2D eigenvalue weighted by Crippen LogP contribution is 2.30. The van der Waals surface area contributed by atoms with Crippen molar-refractivity contribution < 1.29 is 4.39 Å². The Morgan fingerprint density at radius 2 is 2.25 bits per heavy atom. The first-order valence-electron chi connectivity index (χ1n) is 8.98. The van der Waals surface area contributed by atoms with E-state index in [4.69, 9.17) is 17.3 Å². The number of benzene rings is 1. The minimum atomic E-state index is -0.412. The Morgan fingerprint density at radius 3 is 3.00 bits per heavy atom. The van der Waals surface area contributed by atoms with Gasteiger partial charge in [-0.25, -0.2) is 14.5 Å². The first kappa shape index (κ1) is 18.6. The third kappa shape index (κ3) is 3.18. The zero-order chi connectivity index (χ0) is 19.8. The van der Waals surface area contributed by atoms with Gasteiger partial charge in [0, 0.05) is 25.2 Å². The molecule has 0 unspecified atom stereocenters. The molecule has 1 atom stereocenters. The summed E-state index contributed by atoms with van der Waals surface area (Å²) in [6.07, 6.45) is 4.05. The van der Waals surface area contributed by atoms with E-state index in [1.807, 2.05) is 11.8 Å². The normalized spacial score (nSPS) is 14.8. The largest absolute Gasteiger partial charge is 0.362 e. The molecule has 1 aliphatic rings. The van der Waals surface area contributed by atoms with Gasteiger partial charge in [0.2, 0.25) is 0 Å². The molecule has 7 nitrogen and oxygen atoms in total. The zero-order valence-corrected chi connectivity index (χ0v) is 16.1. The van der Waals surface area contributed by atoms with Crippen molar-refractivity contribution in [3.63, 3.8) is 0 Å². The Morgan fingerprint density at radius 1 is 1.43 bits per heavy atom. The van der Waals surface area contributed by atoms with Crippen LogP contribution in [0.1, 0.15) is 28.6 Å². The molecule has 3 N–H and O–H groups in total. The van der Waals surface area contributed by atoms with Crippen LogP contribution in [0.4, 0.5) is 10.1 Å². The second-order valence-corrected chi connectivity index (χ2v) is 7.25. The molecule has 2 aromatic heterocycles. The molecule has 146 valence electrons. The number of aromatic nitrogens is 4. The monoisotopic (exact) mass is 402 g/mol. The molecule has 4 rings (SSSR count). The fourth-order valence-electron chi connectivity index (χ4n) is 3.80. The van der Waals surface area contributed by atoms with Crippen LogP contribution >= 0.6 is 11.6 Å². The topological polar surface area (TPSA) is 92.8 Å². The molecule has 28 heavy (non-hydrogen) atoms. The number of anilines is 1. The van der Waals surface area contributed by atoms with Crippen molar-refractivity contribution in [3.8, 4) is 0 Å². The number of nitrogens with two attached hydrogens (primary N) is 1. The van der Waals surface area contributed by atoms with Crippen LogP contribution in [0.5, 0.6) is 0 Å². The zero-order valence-electron chi connectivity index (χ0n) is 15.3. The molecule has 0 saturated heterocycles. The van der Waals surface area contributed by atoms with E-state index in [9.17, 15) is 9.18 Å². The molecule has 0 bridgehead atoms. The molecule has 3 aromatic rings. The highest BCUT2D eigenvalue weighted by molar-refractivity contribution is 6.32. The predicted octanol–water partition coefficient (Wildman–Crippen LogP) is 2.18. The summed E-state index contributed by atoms with van der Waals surface area (Å²) < 4.78 is 15.6. The molecule has 1 aliphatic heterocycles. The van der Waals surface area contributed by atoms with Crippen molar-refractivity contribution in [2.75, 3.05) is 18.0 Å². The van der Waals surface area contributed by atoms with Crippen LogP contribution in [-0.2, 0) is 13.0 Å². The second kappa shape index (κ2) is 7.37. The fraction of sp³-hybridized carbons (Fsp3) is 0.316. The van der Waals surface area contributed by atoms with Gasteiger partial charge in [0.1, 0.15) is 10.8 Å². The maximum atomic E-state index is 13.5. The van der Waals surface area contributed by atoms with E-state index in [1.165, 1.54) is 12.1 Å². The van der Waals surface area contributed by atoms with Crippen molar-refractivity contribution in [1.29, 1.82) is 0 Å². The van der Waals surface area contributed by atoms with Crippen molar-refractivity contribution in [2.24, 2.45) is 5.73 Å². The number of aromatic amines is 1. The highest BCUT2D eigenvalue weighted by Gasteiger charge is 2.26. The summed E-state index contributed by atoms with van der Waals surface area (Å²) >= 11 is 6.14. The molecule has 9 heteroatoms. The van der Waals surface area contributed by atoms with E-state index >= 15 is 0 Å². The number of nitrogens with zero attached hydrogens (tertiary/aromatic N) is 4. The quantitative estimate of drug-likeness (QED) is 0.697. The maximum Gasteiger partial charge on any atom is 0.285 e. The van der Waals surface area contributed by atoms with Gasteiger partial charge in [-0.1, -0.05) is 17.7 Å². The predicted molar refractivity (Wildman–Crippen MR) is 105 cm³/mol. The lowest BCUT2D eigenvalue weighted by Gasteiger charge is -2.30. The van der Waals surface area contributed by atoms with Crippen LogP contribution < -0.4 is 16.2 Å². The first-order chi connectivity index (χ1) is 13.5. The van der Waals surface area contributed by atoms with Crippen molar-refractivity contribution in [1.82, 2.24) is 19.7 Å². The van der Waals surface area contributed by atoms with Gasteiger partial charge in [0.15, 0.2) is 0 Å². The summed E-state index contributed by atoms with van der Waals surface area (Å²) in [7, 11) is 0. The van der Waals surface area contributed by atoms with Gasteiger partial charge in [0.25, 0.3) is 5.56 Å². The average Bonchev–Trinajstić information content (AvgIpc) is 3.09.